The largest absolute Gasteiger partial charge is 0.493 e. The van der Waals surface area contributed by atoms with E-state index < -0.39 is 18.0 Å². The molecule has 3 aromatic carbocycles. The molecule has 0 saturated carbocycles. The summed E-state index contributed by atoms with van der Waals surface area (Å²) in [6, 6.07) is 15.2. The molecule has 1 aliphatic heterocycles. The summed E-state index contributed by atoms with van der Waals surface area (Å²) in [5.74, 6) is 0.209. The number of aromatic nitrogens is 1. The molecule has 0 saturated heterocycles. The Morgan fingerprint density at radius 3 is 2.42 bits per heavy atom. The molecule has 0 fully saturated rings. The highest BCUT2D eigenvalue weighted by atomic mass is 79.9. The minimum Gasteiger partial charge on any atom is -0.493 e. The van der Waals surface area contributed by atoms with Crippen molar-refractivity contribution in [1.82, 2.24) is 4.57 Å². The summed E-state index contributed by atoms with van der Waals surface area (Å²) in [5, 5.41) is 0.303. The first kappa shape index (κ1) is 36.7. The molecule has 0 bridgehead atoms. The quantitative estimate of drug-likeness (QED) is 0.156. The zero-order chi connectivity index (χ0) is 35.9. The first-order valence-corrected chi connectivity index (χ1v) is 17.5. The summed E-state index contributed by atoms with van der Waals surface area (Å²) in [5.41, 5.74) is 2.30. The van der Waals surface area contributed by atoms with Gasteiger partial charge in [0.05, 0.1) is 54.3 Å². The minimum absolute atomic E-state index is 0.128. The zero-order valence-corrected chi connectivity index (χ0v) is 31.1. The SMILES string of the molecule is CCOC(=O)C1=C(C)N=c2s/c(=C\c3cc(Cl)c(OCc4ccc(Br)cc4)c(OC)c3)c(=O)n2[C@H]1c1ccc(OCC(=O)OC)c(OCC)c1. The molecule has 0 N–H and O–H groups in total. The fraction of sp³-hybridized carbons (Fsp3) is 0.278. The van der Waals surface area contributed by atoms with Gasteiger partial charge in [-0.1, -0.05) is 57.1 Å². The third-order valence-electron chi connectivity index (χ3n) is 7.52. The summed E-state index contributed by atoms with van der Waals surface area (Å²) < 4.78 is 36.0. The second kappa shape index (κ2) is 16.4. The van der Waals surface area contributed by atoms with Crippen LogP contribution in [0.5, 0.6) is 23.0 Å². The van der Waals surface area contributed by atoms with E-state index in [1.807, 2.05) is 24.3 Å². The molecule has 5 rings (SSSR count). The van der Waals surface area contributed by atoms with Gasteiger partial charge in [-0.3, -0.25) is 9.36 Å². The van der Waals surface area contributed by atoms with E-state index in [0.717, 1.165) is 10.0 Å². The lowest BCUT2D eigenvalue weighted by Gasteiger charge is -2.25. The monoisotopic (exact) mass is 784 g/mol. The van der Waals surface area contributed by atoms with Crippen molar-refractivity contribution in [1.29, 1.82) is 0 Å². The zero-order valence-electron chi connectivity index (χ0n) is 27.9. The Kier molecular flexibility index (Phi) is 12.0. The Hall–Kier alpha value is -4.59. The number of methoxy groups -OCH3 is 2. The number of thiazole rings is 1. The molecule has 1 atom stereocenters. The van der Waals surface area contributed by atoms with E-state index in [0.29, 0.717) is 60.8 Å². The second-order valence-electron chi connectivity index (χ2n) is 10.8. The topological polar surface area (TPSA) is 124 Å². The number of halogens is 2. The summed E-state index contributed by atoms with van der Waals surface area (Å²) in [6.45, 7) is 5.57. The molecule has 0 amide bonds. The van der Waals surface area contributed by atoms with Crippen LogP contribution in [0, 0.1) is 0 Å². The predicted molar refractivity (Wildman–Crippen MR) is 192 cm³/mol. The summed E-state index contributed by atoms with van der Waals surface area (Å²) in [6.07, 6.45) is 1.69. The van der Waals surface area contributed by atoms with Crippen LogP contribution >= 0.6 is 38.9 Å². The molecule has 262 valence electrons. The molecule has 0 aliphatic carbocycles. The van der Waals surface area contributed by atoms with Gasteiger partial charge in [0.2, 0.25) is 0 Å². The van der Waals surface area contributed by atoms with Crippen molar-refractivity contribution in [2.75, 3.05) is 34.0 Å². The highest BCUT2D eigenvalue weighted by Crippen LogP contribution is 2.38. The number of carbonyl (C=O) groups is 2. The van der Waals surface area contributed by atoms with E-state index in [1.54, 1.807) is 57.2 Å². The third kappa shape index (κ3) is 8.06. The van der Waals surface area contributed by atoms with Crippen LogP contribution in [-0.2, 0) is 25.7 Å². The van der Waals surface area contributed by atoms with Gasteiger partial charge >= 0.3 is 11.9 Å². The van der Waals surface area contributed by atoms with Gasteiger partial charge in [0.1, 0.15) is 6.61 Å². The van der Waals surface area contributed by atoms with E-state index in [-0.39, 0.29) is 31.0 Å². The van der Waals surface area contributed by atoms with Crippen molar-refractivity contribution in [3.63, 3.8) is 0 Å². The minimum atomic E-state index is -0.908. The molecule has 14 heteroatoms. The van der Waals surface area contributed by atoms with Crippen molar-refractivity contribution >= 4 is 56.9 Å². The molecule has 1 aromatic heterocycles. The average molecular weight is 786 g/mol. The Morgan fingerprint density at radius 1 is 0.980 bits per heavy atom. The number of esters is 2. The third-order valence-corrected chi connectivity index (χ3v) is 9.31. The number of allylic oxidation sites excluding steroid dienone is 1. The van der Waals surface area contributed by atoms with Crippen LogP contribution in [0.2, 0.25) is 5.02 Å². The lowest BCUT2D eigenvalue weighted by molar-refractivity contribution is -0.143. The number of benzene rings is 3. The maximum atomic E-state index is 14.2. The van der Waals surface area contributed by atoms with Crippen molar-refractivity contribution in [3.05, 3.63) is 112 Å². The van der Waals surface area contributed by atoms with Gasteiger partial charge in [-0.25, -0.2) is 14.6 Å². The van der Waals surface area contributed by atoms with E-state index in [2.05, 4.69) is 25.7 Å². The Bertz CT molecular complexity index is 2130. The molecular formula is C36H34BrClN2O9S. The van der Waals surface area contributed by atoms with Gasteiger partial charge in [-0.2, -0.15) is 0 Å². The van der Waals surface area contributed by atoms with Gasteiger partial charge < -0.3 is 28.4 Å². The fourth-order valence-corrected chi connectivity index (χ4v) is 6.82. The number of fused-ring (bicyclic) bond motifs is 1. The molecule has 2 heterocycles. The van der Waals surface area contributed by atoms with Crippen LogP contribution in [0.3, 0.4) is 0 Å². The maximum absolute atomic E-state index is 14.2. The molecular weight excluding hydrogens is 752 g/mol. The Balaban J connectivity index is 1.58. The van der Waals surface area contributed by atoms with Crippen LogP contribution < -0.4 is 33.8 Å². The number of hydrogen-bond acceptors (Lipinski definition) is 11. The second-order valence-corrected chi connectivity index (χ2v) is 13.1. The van der Waals surface area contributed by atoms with Gasteiger partial charge in [0.25, 0.3) is 5.56 Å². The number of ether oxygens (including phenoxy) is 6. The lowest BCUT2D eigenvalue weighted by Crippen LogP contribution is -2.40. The van der Waals surface area contributed by atoms with Crippen LogP contribution in [0.15, 0.2) is 80.1 Å². The first-order valence-electron chi connectivity index (χ1n) is 15.5. The van der Waals surface area contributed by atoms with Gasteiger partial charge in [-0.15, -0.1) is 0 Å². The van der Waals surface area contributed by atoms with Gasteiger partial charge in [-0.05, 0) is 79.9 Å². The van der Waals surface area contributed by atoms with E-state index >= 15 is 0 Å². The summed E-state index contributed by atoms with van der Waals surface area (Å²) >= 11 is 11.3. The van der Waals surface area contributed by atoms with Gasteiger partial charge in [0, 0.05) is 4.47 Å². The normalized spacial score (nSPS) is 14.1. The van der Waals surface area contributed by atoms with Crippen LogP contribution in [-0.4, -0.2) is 50.5 Å². The number of rotatable bonds is 13. The standard InChI is InChI=1S/C36H34BrClN2O9S/c1-6-46-27-17-23(10-13-26(27)48-19-30(41)45-5)32-31(35(43)47-7-2)20(3)39-36-40(32)34(42)29(50-36)16-22-14-25(38)33(28(15-22)44-4)49-18-21-8-11-24(37)12-9-21/h8-17,32H,6-7,18-19H2,1-5H3/b29-16-/t32-/m0/s1. The Morgan fingerprint density at radius 2 is 1.74 bits per heavy atom. The lowest BCUT2D eigenvalue weighted by atomic mass is 9.95. The number of nitrogens with zero attached hydrogens (tertiary/aromatic N) is 2. The average Bonchev–Trinajstić information content (AvgIpc) is 3.40. The number of hydrogen-bond donors (Lipinski definition) is 0. The predicted octanol–water partition coefficient (Wildman–Crippen LogP) is 5.75. The smallest absolute Gasteiger partial charge is 0.343 e. The van der Waals surface area contributed by atoms with Crippen molar-refractivity contribution in [3.8, 4) is 23.0 Å². The highest BCUT2D eigenvalue weighted by molar-refractivity contribution is 9.10. The summed E-state index contributed by atoms with van der Waals surface area (Å²) in [4.78, 5) is 44.4. The highest BCUT2D eigenvalue weighted by Gasteiger charge is 2.34. The van der Waals surface area contributed by atoms with E-state index in [4.69, 9.17) is 35.3 Å². The van der Waals surface area contributed by atoms with Crippen molar-refractivity contribution < 1.29 is 38.0 Å². The molecule has 50 heavy (non-hydrogen) atoms. The van der Waals surface area contributed by atoms with Gasteiger partial charge in [0.15, 0.2) is 34.4 Å². The Labute approximate surface area is 305 Å². The summed E-state index contributed by atoms with van der Waals surface area (Å²) in [7, 11) is 2.78. The van der Waals surface area contributed by atoms with Crippen molar-refractivity contribution in [2.24, 2.45) is 4.99 Å². The first-order chi connectivity index (χ1) is 24.1. The van der Waals surface area contributed by atoms with Crippen LogP contribution in [0.1, 0.15) is 43.5 Å². The molecule has 0 radical (unpaired) electrons. The van der Waals surface area contributed by atoms with Crippen molar-refractivity contribution in [2.45, 2.75) is 33.4 Å². The van der Waals surface area contributed by atoms with Crippen LogP contribution in [0.25, 0.3) is 6.08 Å². The van der Waals surface area contributed by atoms with E-state index in [9.17, 15) is 14.4 Å². The van der Waals surface area contributed by atoms with Crippen LogP contribution in [0.4, 0.5) is 0 Å². The number of carbonyl (C=O) groups excluding carboxylic acids is 2. The van der Waals surface area contributed by atoms with E-state index in [1.165, 1.54) is 30.1 Å². The molecule has 11 nitrogen and oxygen atoms in total. The fourth-order valence-electron chi connectivity index (χ4n) is 5.24. The molecule has 1 aliphatic rings. The molecule has 0 spiro atoms. The molecule has 4 aromatic rings. The maximum Gasteiger partial charge on any atom is 0.343 e. The molecule has 0 unspecified atom stereocenters.